The quantitative estimate of drug-likeness (QED) is 0.512. The molecule has 0 unspecified atom stereocenters. The molecule has 0 saturated heterocycles. The average Bonchev–Trinajstić information content (AvgIpc) is 3.03. The van der Waals surface area contributed by atoms with Crippen LogP contribution >= 0.6 is 22.7 Å². The second-order valence-corrected chi connectivity index (χ2v) is 6.08. The minimum absolute atomic E-state index is 0.0198. The van der Waals surface area contributed by atoms with Gasteiger partial charge in [0.25, 0.3) is 0 Å². The van der Waals surface area contributed by atoms with Crippen molar-refractivity contribution in [3.05, 3.63) is 40.2 Å². The second-order valence-electron chi connectivity index (χ2n) is 3.99. The molecule has 0 aliphatic carbocycles. The molecule has 7 heteroatoms. The van der Waals surface area contributed by atoms with Gasteiger partial charge in [-0.05, 0) is 12.1 Å². The number of aliphatic imine (C=N–C) groups is 1. The zero-order valence-corrected chi connectivity index (χ0v) is 11.8. The van der Waals surface area contributed by atoms with Gasteiger partial charge in [-0.15, -0.1) is 11.3 Å². The summed E-state index contributed by atoms with van der Waals surface area (Å²) >= 11 is 2.70. The van der Waals surface area contributed by atoms with E-state index < -0.39 is 0 Å². The highest BCUT2D eigenvalue weighted by molar-refractivity contribution is 7.21. The zero-order valence-electron chi connectivity index (χ0n) is 10.2. The molecule has 3 rings (SSSR count). The van der Waals surface area contributed by atoms with Gasteiger partial charge in [-0.2, -0.15) is 0 Å². The van der Waals surface area contributed by atoms with Gasteiger partial charge < -0.3 is 10.8 Å². The van der Waals surface area contributed by atoms with Gasteiger partial charge >= 0.3 is 0 Å². The minimum atomic E-state index is -0.0198. The fourth-order valence-electron chi connectivity index (χ4n) is 1.70. The minimum Gasteiger partial charge on any atom is -0.506 e. The highest BCUT2D eigenvalue weighted by Crippen LogP contribution is 2.35. The summed E-state index contributed by atoms with van der Waals surface area (Å²) in [5.74, 6) is 0.214. The number of thiophene rings is 1. The second kappa shape index (κ2) is 5.03. The van der Waals surface area contributed by atoms with Gasteiger partial charge in [-0.25, -0.2) is 9.98 Å². The fourth-order valence-corrected chi connectivity index (χ4v) is 3.29. The van der Waals surface area contributed by atoms with Gasteiger partial charge in [0.15, 0.2) is 0 Å². The molecular weight excluding hydrogens is 292 g/mol. The lowest BCUT2D eigenvalue weighted by molar-refractivity contribution is 0.483. The van der Waals surface area contributed by atoms with E-state index in [1.165, 1.54) is 28.9 Å². The van der Waals surface area contributed by atoms with Crippen molar-refractivity contribution in [3.8, 4) is 5.75 Å². The van der Waals surface area contributed by atoms with E-state index in [1.54, 1.807) is 6.21 Å². The molecule has 20 heavy (non-hydrogen) atoms. The smallest absolute Gasteiger partial charge is 0.209 e. The number of thiazole rings is 1. The number of aromatic hydroxyl groups is 1. The molecule has 5 nitrogen and oxygen atoms in total. The summed E-state index contributed by atoms with van der Waals surface area (Å²) in [4.78, 5) is 9.54. The molecular formula is C13H10N4OS2. The van der Waals surface area contributed by atoms with Crippen molar-refractivity contribution < 1.29 is 5.11 Å². The first-order chi connectivity index (χ1) is 9.65. The maximum absolute atomic E-state index is 10.1. The van der Waals surface area contributed by atoms with Crippen molar-refractivity contribution in [2.75, 3.05) is 0 Å². The predicted octanol–water partition coefficient (Wildman–Crippen LogP) is 3.10. The Bertz CT molecular complexity index is 819. The van der Waals surface area contributed by atoms with Crippen LogP contribution < -0.4 is 5.73 Å². The van der Waals surface area contributed by atoms with Crippen LogP contribution in [0.15, 0.2) is 35.5 Å². The maximum Gasteiger partial charge on any atom is 0.209 e. The average molecular weight is 302 g/mol. The lowest BCUT2D eigenvalue weighted by Gasteiger charge is -1.89. The SMILES string of the molecule is N=C(N)c1cnc(N=Cc2sc3ccccc3c2O)s1. The summed E-state index contributed by atoms with van der Waals surface area (Å²) in [5.41, 5.74) is 5.37. The summed E-state index contributed by atoms with van der Waals surface area (Å²) in [5, 5.41) is 18.7. The van der Waals surface area contributed by atoms with Gasteiger partial charge in [0.05, 0.1) is 22.2 Å². The lowest BCUT2D eigenvalue weighted by Crippen LogP contribution is -2.08. The third kappa shape index (κ3) is 2.28. The molecule has 0 aliphatic heterocycles. The summed E-state index contributed by atoms with van der Waals surface area (Å²) in [6, 6.07) is 7.64. The molecule has 0 radical (unpaired) electrons. The molecule has 0 amide bonds. The van der Waals surface area contributed by atoms with E-state index in [4.69, 9.17) is 11.1 Å². The number of benzene rings is 1. The molecule has 2 heterocycles. The molecule has 0 atom stereocenters. The third-order valence-electron chi connectivity index (χ3n) is 2.65. The van der Waals surface area contributed by atoms with Crippen molar-refractivity contribution in [3.63, 3.8) is 0 Å². The third-order valence-corrected chi connectivity index (χ3v) is 4.68. The molecule has 100 valence electrons. The van der Waals surface area contributed by atoms with Crippen LogP contribution in [-0.4, -0.2) is 22.1 Å². The number of rotatable bonds is 3. The van der Waals surface area contributed by atoms with Gasteiger partial charge in [0.1, 0.15) is 11.6 Å². The van der Waals surface area contributed by atoms with Crippen LogP contribution in [0.4, 0.5) is 5.13 Å². The van der Waals surface area contributed by atoms with E-state index in [0.29, 0.717) is 14.9 Å². The Labute approximate surface area is 122 Å². The molecule has 0 fully saturated rings. The Morgan fingerprint density at radius 1 is 1.35 bits per heavy atom. The zero-order chi connectivity index (χ0) is 14.1. The van der Waals surface area contributed by atoms with Gasteiger partial charge in [-0.1, -0.05) is 23.5 Å². The van der Waals surface area contributed by atoms with Crippen LogP contribution in [0.3, 0.4) is 0 Å². The van der Waals surface area contributed by atoms with Gasteiger partial charge in [0, 0.05) is 10.1 Å². The highest BCUT2D eigenvalue weighted by Gasteiger charge is 2.09. The number of amidine groups is 1. The monoisotopic (exact) mass is 302 g/mol. The Morgan fingerprint density at radius 2 is 2.15 bits per heavy atom. The molecule has 0 spiro atoms. The van der Waals surface area contributed by atoms with E-state index in [1.807, 2.05) is 24.3 Å². The van der Waals surface area contributed by atoms with Crippen LogP contribution in [0.25, 0.3) is 10.1 Å². The summed E-state index contributed by atoms with van der Waals surface area (Å²) in [7, 11) is 0. The molecule has 0 saturated carbocycles. The number of nitrogens with zero attached hydrogens (tertiary/aromatic N) is 2. The molecule has 2 aromatic heterocycles. The summed E-state index contributed by atoms with van der Waals surface area (Å²) < 4.78 is 1.01. The van der Waals surface area contributed by atoms with Crippen LogP contribution in [-0.2, 0) is 0 Å². The topological polar surface area (TPSA) is 95.4 Å². The number of nitrogens with two attached hydrogens (primary N) is 1. The van der Waals surface area contributed by atoms with Crippen LogP contribution in [0.2, 0.25) is 0 Å². The van der Waals surface area contributed by atoms with E-state index in [-0.39, 0.29) is 11.6 Å². The highest BCUT2D eigenvalue weighted by atomic mass is 32.1. The van der Waals surface area contributed by atoms with Crippen molar-refractivity contribution in [2.24, 2.45) is 10.7 Å². The maximum atomic E-state index is 10.1. The van der Waals surface area contributed by atoms with Crippen molar-refractivity contribution in [1.29, 1.82) is 5.41 Å². The van der Waals surface area contributed by atoms with E-state index in [0.717, 1.165) is 10.1 Å². The van der Waals surface area contributed by atoms with Gasteiger partial charge in [0.2, 0.25) is 5.13 Å². The largest absolute Gasteiger partial charge is 0.506 e. The number of aromatic nitrogens is 1. The Kier molecular flexibility index (Phi) is 3.21. The van der Waals surface area contributed by atoms with Crippen LogP contribution in [0.1, 0.15) is 9.75 Å². The first kappa shape index (κ1) is 12.8. The summed E-state index contributed by atoms with van der Waals surface area (Å²) in [6.07, 6.45) is 3.10. The molecule has 1 aromatic carbocycles. The Morgan fingerprint density at radius 3 is 2.85 bits per heavy atom. The van der Waals surface area contributed by atoms with Crippen molar-refractivity contribution in [1.82, 2.24) is 4.98 Å². The molecule has 4 N–H and O–H groups in total. The first-order valence-electron chi connectivity index (χ1n) is 5.70. The number of nitrogens with one attached hydrogen (secondary N) is 1. The molecule has 0 bridgehead atoms. The molecule has 0 aliphatic rings. The predicted molar refractivity (Wildman–Crippen MR) is 83.9 cm³/mol. The number of fused-ring (bicyclic) bond motifs is 1. The lowest BCUT2D eigenvalue weighted by atomic mass is 10.2. The van der Waals surface area contributed by atoms with Crippen LogP contribution in [0, 0.1) is 5.41 Å². The summed E-state index contributed by atoms with van der Waals surface area (Å²) in [6.45, 7) is 0. The number of hydrogen-bond donors (Lipinski definition) is 3. The first-order valence-corrected chi connectivity index (χ1v) is 7.33. The van der Waals surface area contributed by atoms with Crippen molar-refractivity contribution in [2.45, 2.75) is 0 Å². The van der Waals surface area contributed by atoms with Crippen LogP contribution in [0.5, 0.6) is 5.75 Å². The normalized spacial score (nSPS) is 11.4. The number of nitrogen functional groups attached to an aromatic ring is 1. The van der Waals surface area contributed by atoms with Crippen molar-refractivity contribution >= 4 is 49.9 Å². The number of hydrogen-bond acceptors (Lipinski definition) is 6. The van der Waals surface area contributed by atoms with E-state index in [2.05, 4.69) is 9.98 Å². The Hall–Kier alpha value is -2.25. The molecule has 3 aromatic rings. The van der Waals surface area contributed by atoms with E-state index in [9.17, 15) is 5.11 Å². The van der Waals surface area contributed by atoms with Gasteiger partial charge in [-0.3, -0.25) is 5.41 Å². The fraction of sp³-hybridized carbons (Fsp3) is 0. The Balaban J connectivity index is 1.93. The van der Waals surface area contributed by atoms with E-state index >= 15 is 0 Å². The standard InChI is InChI=1S/C13H10N4OS2/c14-12(15)10-6-17-13(20-10)16-5-9-11(18)7-3-1-2-4-8(7)19-9/h1-6,18H,(H3,14,15).